The van der Waals surface area contributed by atoms with Crippen LogP contribution in [-0.4, -0.2) is 12.6 Å². The number of ether oxygens (including phenoxy) is 1. The van der Waals surface area contributed by atoms with E-state index in [1.807, 2.05) is 0 Å². The first-order valence-corrected chi connectivity index (χ1v) is 8.63. The molecule has 1 aromatic rings. The Morgan fingerprint density at radius 3 is 2.50 bits per heavy atom. The molecule has 1 aliphatic rings. The highest BCUT2D eigenvalue weighted by Gasteiger charge is 2.23. The standard InChI is InChI=1S/C18H28ClNO.ClH/c1-4-12(3)14-8-15(9-16(20)5-2)18(17(19)10-14)21-11-13-6-7-13;/h8,10,12-13,16H,4-7,9,11,20H2,1-3H3;1H. The van der Waals surface area contributed by atoms with E-state index in [2.05, 4.69) is 32.9 Å². The Balaban J connectivity index is 0.00000242. The lowest BCUT2D eigenvalue weighted by Gasteiger charge is -2.19. The molecule has 0 aromatic heterocycles. The molecule has 0 aliphatic heterocycles. The minimum absolute atomic E-state index is 0. The number of hydrogen-bond acceptors (Lipinski definition) is 2. The van der Waals surface area contributed by atoms with Gasteiger partial charge in [-0.3, -0.25) is 0 Å². The molecule has 2 N–H and O–H groups in total. The molecule has 0 spiro atoms. The van der Waals surface area contributed by atoms with Gasteiger partial charge < -0.3 is 10.5 Å². The molecule has 1 fully saturated rings. The zero-order chi connectivity index (χ0) is 15.4. The Morgan fingerprint density at radius 1 is 1.27 bits per heavy atom. The van der Waals surface area contributed by atoms with Crippen LogP contribution in [-0.2, 0) is 6.42 Å². The van der Waals surface area contributed by atoms with E-state index >= 15 is 0 Å². The molecule has 0 saturated heterocycles. The van der Waals surface area contributed by atoms with Crippen molar-refractivity contribution in [2.24, 2.45) is 11.7 Å². The molecule has 1 aliphatic carbocycles. The second-order valence-electron chi connectivity index (χ2n) is 6.43. The van der Waals surface area contributed by atoms with E-state index in [0.717, 1.165) is 42.6 Å². The van der Waals surface area contributed by atoms with E-state index in [0.29, 0.717) is 5.92 Å². The van der Waals surface area contributed by atoms with Gasteiger partial charge in [0.15, 0.2) is 0 Å². The van der Waals surface area contributed by atoms with Crippen LogP contribution >= 0.6 is 24.0 Å². The molecule has 4 heteroatoms. The van der Waals surface area contributed by atoms with Crippen molar-refractivity contribution in [3.05, 3.63) is 28.3 Å². The summed E-state index contributed by atoms with van der Waals surface area (Å²) in [5, 5.41) is 0.742. The van der Waals surface area contributed by atoms with Crippen LogP contribution in [0.5, 0.6) is 5.75 Å². The molecule has 0 radical (unpaired) electrons. The van der Waals surface area contributed by atoms with Gasteiger partial charge in [-0.05, 0) is 61.1 Å². The second-order valence-corrected chi connectivity index (χ2v) is 6.83. The maximum absolute atomic E-state index is 6.50. The second kappa shape index (κ2) is 9.00. The van der Waals surface area contributed by atoms with Crippen molar-refractivity contribution >= 4 is 24.0 Å². The predicted molar refractivity (Wildman–Crippen MR) is 97.6 cm³/mol. The van der Waals surface area contributed by atoms with Crippen LogP contribution in [0.25, 0.3) is 0 Å². The summed E-state index contributed by atoms with van der Waals surface area (Å²) in [5.41, 5.74) is 8.62. The minimum atomic E-state index is 0. The number of rotatable bonds is 8. The number of nitrogens with two attached hydrogens (primary N) is 1. The highest BCUT2D eigenvalue weighted by Crippen LogP contribution is 2.37. The number of benzene rings is 1. The van der Waals surface area contributed by atoms with Crippen molar-refractivity contribution in [1.82, 2.24) is 0 Å². The largest absolute Gasteiger partial charge is 0.491 e. The van der Waals surface area contributed by atoms with Crippen LogP contribution in [0.1, 0.15) is 63.5 Å². The summed E-state index contributed by atoms with van der Waals surface area (Å²) in [4.78, 5) is 0. The molecule has 22 heavy (non-hydrogen) atoms. The van der Waals surface area contributed by atoms with Gasteiger partial charge in [-0.2, -0.15) is 0 Å². The van der Waals surface area contributed by atoms with E-state index in [4.69, 9.17) is 22.1 Å². The smallest absolute Gasteiger partial charge is 0.141 e. The third kappa shape index (κ3) is 5.33. The summed E-state index contributed by atoms with van der Waals surface area (Å²) >= 11 is 6.50. The van der Waals surface area contributed by atoms with Crippen LogP contribution in [0.3, 0.4) is 0 Å². The lowest BCUT2D eigenvalue weighted by Crippen LogP contribution is -2.22. The van der Waals surface area contributed by atoms with Crippen LogP contribution in [0.2, 0.25) is 5.02 Å². The van der Waals surface area contributed by atoms with E-state index in [1.165, 1.54) is 24.0 Å². The van der Waals surface area contributed by atoms with Gasteiger partial charge in [0.1, 0.15) is 5.75 Å². The maximum atomic E-state index is 6.50. The fraction of sp³-hybridized carbons (Fsp3) is 0.667. The molecule has 0 amide bonds. The average molecular weight is 346 g/mol. The molecule has 1 aromatic carbocycles. The fourth-order valence-electron chi connectivity index (χ4n) is 2.42. The Bertz CT molecular complexity index is 474. The van der Waals surface area contributed by atoms with Gasteiger partial charge in [0.05, 0.1) is 11.6 Å². The van der Waals surface area contributed by atoms with Gasteiger partial charge in [-0.1, -0.05) is 38.4 Å². The summed E-state index contributed by atoms with van der Waals surface area (Å²) in [6.45, 7) is 7.35. The summed E-state index contributed by atoms with van der Waals surface area (Å²) in [5.74, 6) is 2.10. The Labute approximate surface area is 146 Å². The molecule has 126 valence electrons. The zero-order valence-corrected chi connectivity index (χ0v) is 15.5. The van der Waals surface area contributed by atoms with E-state index in [9.17, 15) is 0 Å². The normalized spacial score (nSPS) is 16.8. The monoisotopic (exact) mass is 345 g/mol. The number of hydrogen-bond donors (Lipinski definition) is 1. The van der Waals surface area contributed by atoms with Crippen molar-refractivity contribution in [3.8, 4) is 5.75 Å². The van der Waals surface area contributed by atoms with Crippen molar-refractivity contribution in [2.75, 3.05) is 6.61 Å². The maximum Gasteiger partial charge on any atom is 0.141 e. The van der Waals surface area contributed by atoms with Gasteiger partial charge in [0, 0.05) is 6.04 Å². The van der Waals surface area contributed by atoms with Crippen molar-refractivity contribution in [3.63, 3.8) is 0 Å². The topological polar surface area (TPSA) is 35.2 Å². The third-order valence-corrected chi connectivity index (χ3v) is 4.77. The Morgan fingerprint density at radius 2 is 1.95 bits per heavy atom. The molecular formula is C18H29Cl2NO. The first kappa shape index (κ1) is 19.6. The fourth-order valence-corrected chi connectivity index (χ4v) is 2.72. The summed E-state index contributed by atoms with van der Waals surface area (Å²) in [6.07, 6.45) is 5.48. The van der Waals surface area contributed by atoms with Crippen LogP contribution in [0, 0.1) is 5.92 Å². The van der Waals surface area contributed by atoms with Gasteiger partial charge in [-0.15, -0.1) is 12.4 Å². The van der Waals surface area contributed by atoms with Gasteiger partial charge >= 0.3 is 0 Å². The summed E-state index contributed by atoms with van der Waals surface area (Å²) in [7, 11) is 0. The predicted octanol–water partition coefficient (Wildman–Crippen LogP) is 5.34. The van der Waals surface area contributed by atoms with Gasteiger partial charge in [0.2, 0.25) is 0 Å². The summed E-state index contributed by atoms with van der Waals surface area (Å²) < 4.78 is 6.02. The average Bonchev–Trinajstić information content (AvgIpc) is 3.29. The lowest BCUT2D eigenvalue weighted by atomic mass is 9.94. The molecule has 0 heterocycles. The van der Waals surface area contributed by atoms with Crippen molar-refractivity contribution < 1.29 is 4.74 Å². The molecular weight excluding hydrogens is 317 g/mol. The number of halogens is 2. The minimum Gasteiger partial charge on any atom is -0.491 e. The highest BCUT2D eigenvalue weighted by atomic mass is 35.5. The highest BCUT2D eigenvalue weighted by molar-refractivity contribution is 6.32. The molecule has 2 unspecified atom stereocenters. The van der Waals surface area contributed by atoms with Crippen LogP contribution < -0.4 is 10.5 Å². The lowest BCUT2D eigenvalue weighted by molar-refractivity contribution is 0.296. The molecule has 2 atom stereocenters. The molecule has 2 rings (SSSR count). The zero-order valence-electron chi connectivity index (χ0n) is 13.9. The van der Waals surface area contributed by atoms with E-state index in [-0.39, 0.29) is 18.4 Å². The first-order chi connectivity index (χ1) is 10.0. The Hall–Kier alpha value is -0.440. The van der Waals surface area contributed by atoms with Crippen molar-refractivity contribution in [2.45, 2.75) is 64.8 Å². The molecule has 2 nitrogen and oxygen atoms in total. The van der Waals surface area contributed by atoms with E-state index < -0.39 is 0 Å². The van der Waals surface area contributed by atoms with Gasteiger partial charge in [-0.25, -0.2) is 0 Å². The van der Waals surface area contributed by atoms with Crippen LogP contribution in [0.15, 0.2) is 12.1 Å². The van der Waals surface area contributed by atoms with Crippen molar-refractivity contribution in [1.29, 1.82) is 0 Å². The molecule has 1 saturated carbocycles. The van der Waals surface area contributed by atoms with Gasteiger partial charge in [0.25, 0.3) is 0 Å². The van der Waals surface area contributed by atoms with E-state index in [1.54, 1.807) is 0 Å². The molecule has 0 bridgehead atoms. The Kier molecular flexibility index (Phi) is 8.02. The third-order valence-electron chi connectivity index (χ3n) is 4.49. The quantitative estimate of drug-likeness (QED) is 0.689. The summed E-state index contributed by atoms with van der Waals surface area (Å²) in [6, 6.07) is 4.48. The van der Waals surface area contributed by atoms with Crippen LogP contribution in [0.4, 0.5) is 0 Å². The first-order valence-electron chi connectivity index (χ1n) is 8.25. The SMILES string of the molecule is CCC(N)Cc1cc(C(C)CC)cc(Cl)c1OCC1CC1.Cl.